The molecule has 3 rings (SSSR count). The van der Waals surface area contributed by atoms with E-state index in [-0.39, 0.29) is 18.4 Å². The van der Waals surface area contributed by atoms with E-state index in [0.29, 0.717) is 11.5 Å². The second-order valence-corrected chi connectivity index (χ2v) is 6.78. The van der Waals surface area contributed by atoms with E-state index in [1.54, 1.807) is 11.3 Å². The quantitative estimate of drug-likeness (QED) is 0.705. The van der Waals surface area contributed by atoms with E-state index in [0.717, 1.165) is 17.7 Å². The molecule has 5 heteroatoms. The molecule has 24 heavy (non-hydrogen) atoms. The van der Waals surface area contributed by atoms with Crippen molar-refractivity contribution in [1.82, 2.24) is 10.5 Å². The third kappa shape index (κ3) is 4.55. The number of carbonyl (C=O) groups is 1. The molecule has 0 saturated carbocycles. The molecule has 1 N–H and O–H groups in total. The molecule has 0 saturated heterocycles. The molecule has 4 nitrogen and oxygen atoms in total. The second-order valence-electron chi connectivity index (χ2n) is 5.83. The van der Waals surface area contributed by atoms with Gasteiger partial charge in [-0.3, -0.25) is 4.79 Å². The maximum atomic E-state index is 12.1. The Morgan fingerprint density at radius 3 is 2.83 bits per heavy atom. The second kappa shape index (κ2) is 7.93. The first kappa shape index (κ1) is 16.5. The zero-order valence-corrected chi connectivity index (χ0v) is 14.4. The molecule has 0 aliphatic heterocycles. The fraction of sp³-hybridized carbons (Fsp3) is 0.263. The molecular weight excluding hydrogens is 320 g/mol. The van der Waals surface area contributed by atoms with Crippen LogP contribution in [-0.2, 0) is 17.6 Å². The summed E-state index contributed by atoms with van der Waals surface area (Å²) in [4.78, 5) is 13.2. The fourth-order valence-corrected chi connectivity index (χ4v) is 3.19. The minimum Gasteiger partial charge on any atom is -0.355 e. The van der Waals surface area contributed by atoms with Gasteiger partial charge >= 0.3 is 0 Å². The van der Waals surface area contributed by atoms with Gasteiger partial charge in [0.25, 0.3) is 0 Å². The molecule has 0 bridgehead atoms. The number of hydrogen-bond acceptors (Lipinski definition) is 4. The van der Waals surface area contributed by atoms with Crippen molar-refractivity contribution in [2.24, 2.45) is 0 Å². The van der Waals surface area contributed by atoms with E-state index in [1.165, 1.54) is 5.56 Å². The van der Waals surface area contributed by atoms with Gasteiger partial charge in [0.05, 0.1) is 17.0 Å². The summed E-state index contributed by atoms with van der Waals surface area (Å²) >= 11 is 1.59. The van der Waals surface area contributed by atoms with Crippen LogP contribution in [0.2, 0.25) is 0 Å². The SMILES string of the molecule is C[C@H](CCc1ccccc1)NC(=O)Cc1cc(-c2cccs2)on1. The monoisotopic (exact) mass is 340 g/mol. The van der Waals surface area contributed by atoms with Crippen molar-refractivity contribution in [2.45, 2.75) is 32.2 Å². The lowest BCUT2D eigenvalue weighted by atomic mass is 10.1. The highest BCUT2D eigenvalue weighted by Crippen LogP contribution is 2.25. The number of rotatable bonds is 7. The highest BCUT2D eigenvalue weighted by Gasteiger charge is 2.13. The van der Waals surface area contributed by atoms with Gasteiger partial charge in [-0.15, -0.1) is 11.3 Å². The van der Waals surface area contributed by atoms with Crippen LogP contribution in [0.15, 0.2) is 58.4 Å². The Bertz CT molecular complexity index is 766. The number of carbonyl (C=O) groups excluding carboxylic acids is 1. The van der Waals surface area contributed by atoms with Crippen molar-refractivity contribution in [3.05, 3.63) is 65.2 Å². The lowest BCUT2D eigenvalue weighted by molar-refractivity contribution is -0.121. The molecule has 124 valence electrons. The van der Waals surface area contributed by atoms with Crippen molar-refractivity contribution in [2.75, 3.05) is 0 Å². The summed E-state index contributed by atoms with van der Waals surface area (Å²) in [6, 6.07) is 16.2. The van der Waals surface area contributed by atoms with Crippen molar-refractivity contribution >= 4 is 17.2 Å². The summed E-state index contributed by atoms with van der Waals surface area (Å²) in [5.74, 6) is 0.687. The summed E-state index contributed by atoms with van der Waals surface area (Å²) in [6.07, 6.45) is 2.11. The first-order valence-electron chi connectivity index (χ1n) is 8.03. The average Bonchev–Trinajstić information content (AvgIpc) is 3.25. The van der Waals surface area contributed by atoms with Gasteiger partial charge in [-0.1, -0.05) is 41.6 Å². The molecule has 0 aliphatic carbocycles. The molecule has 3 aromatic rings. The van der Waals surface area contributed by atoms with E-state index in [1.807, 2.05) is 48.7 Å². The summed E-state index contributed by atoms with van der Waals surface area (Å²) < 4.78 is 5.30. The Morgan fingerprint density at radius 1 is 1.25 bits per heavy atom. The van der Waals surface area contributed by atoms with Crippen LogP contribution >= 0.6 is 11.3 Å². The molecule has 1 amide bonds. The van der Waals surface area contributed by atoms with Crippen LogP contribution in [-0.4, -0.2) is 17.1 Å². The molecule has 0 unspecified atom stereocenters. The minimum absolute atomic E-state index is 0.0263. The molecule has 0 spiro atoms. The number of nitrogens with one attached hydrogen (secondary N) is 1. The van der Waals surface area contributed by atoms with Crippen molar-refractivity contribution in [3.8, 4) is 10.6 Å². The maximum Gasteiger partial charge on any atom is 0.226 e. The van der Waals surface area contributed by atoms with Crippen molar-refractivity contribution < 1.29 is 9.32 Å². The molecule has 0 aliphatic rings. The molecule has 0 radical (unpaired) electrons. The van der Waals surface area contributed by atoms with Gasteiger partial charge in [0.1, 0.15) is 0 Å². The summed E-state index contributed by atoms with van der Waals surface area (Å²) in [5.41, 5.74) is 1.95. The lowest BCUT2D eigenvalue weighted by Gasteiger charge is -2.13. The first-order chi connectivity index (χ1) is 11.7. The van der Waals surface area contributed by atoms with Crippen LogP contribution < -0.4 is 5.32 Å². The zero-order chi connectivity index (χ0) is 16.8. The van der Waals surface area contributed by atoms with E-state index < -0.39 is 0 Å². The van der Waals surface area contributed by atoms with Crippen LogP contribution in [0.3, 0.4) is 0 Å². The number of aryl methyl sites for hydroxylation is 1. The Balaban J connectivity index is 1.47. The van der Waals surface area contributed by atoms with Crippen molar-refractivity contribution in [1.29, 1.82) is 0 Å². The molecular formula is C19H20N2O2S. The van der Waals surface area contributed by atoms with Crippen molar-refractivity contribution in [3.63, 3.8) is 0 Å². The molecule has 2 aromatic heterocycles. The zero-order valence-electron chi connectivity index (χ0n) is 13.6. The molecule has 1 atom stereocenters. The topological polar surface area (TPSA) is 55.1 Å². The molecule has 0 fully saturated rings. The number of nitrogens with zero attached hydrogens (tertiary/aromatic N) is 1. The summed E-state index contributed by atoms with van der Waals surface area (Å²) in [6.45, 7) is 2.03. The Labute approximate surface area is 145 Å². The largest absolute Gasteiger partial charge is 0.355 e. The van der Waals surface area contributed by atoms with Gasteiger partial charge < -0.3 is 9.84 Å². The number of hydrogen-bond donors (Lipinski definition) is 1. The normalized spacial score (nSPS) is 12.0. The van der Waals surface area contributed by atoms with Gasteiger partial charge in [-0.2, -0.15) is 0 Å². The Hall–Kier alpha value is -2.40. The van der Waals surface area contributed by atoms with Gasteiger partial charge in [-0.05, 0) is 36.8 Å². The predicted octanol–water partition coefficient (Wildman–Crippen LogP) is 4.08. The Morgan fingerprint density at radius 2 is 2.08 bits per heavy atom. The van der Waals surface area contributed by atoms with E-state index in [4.69, 9.17) is 4.52 Å². The van der Waals surface area contributed by atoms with Gasteiger partial charge in [-0.25, -0.2) is 0 Å². The number of thiophene rings is 1. The van der Waals surface area contributed by atoms with Crippen LogP contribution in [0.5, 0.6) is 0 Å². The molecule has 1 aromatic carbocycles. The van der Waals surface area contributed by atoms with Crippen LogP contribution in [0, 0.1) is 0 Å². The number of aromatic nitrogens is 1. The lowest BCUT2D eigenvalue weighted by Crippen LogP contribution is -2.34. The molecule has 2 heterocycles. The van der Waals surface area contributed by atoms with Crippen LogP contribution in [0.4, 0.5) is 0 Å². The fourth-order valence-electron chi connectivity index (χ4n) is 2.52. The van der Waals surface area contributed by atoms with E-state index >= 15 is 0 Å². The highest BCUT2D eigenvalue weighted by molar-refractivity contribution is 7.13. The third-order valence-corrected chi connectivity index (χ3v) is 4.67. The van der Waals surface area contributed by atoms with Crippen LogP contribution in [0.25, 0.3) is 10.6 Å². The number of benzene rings is 1. The standard InChI is InChI=1S/C19H20N2O2S/c1-14(9-10-15-6-3-2-4-7-15)20-19(22)13-16-12-17(23-21-16)18-8-5-11-24-18/h2-8,11-12,14H,9-10,13H2,1H3,(H,20,22)/t14-/m1/s1. The predicted molar refractivity (Wildman–Crippen MR) is 95.9 cm³/mol. The first-order valence-corrected chi connectivity index (χ1v) is 8.91. The smallest absolute Gasteiger partial charge is 0.226 e. The van der Waals surface area contributed by atoms with E-state index in [2.05, 4.69) is 22.6 Å². The maximum absolute atomic E-state index is 12.1. The average molecular weight is 340 g/mol. The summed E-state index contributed by atoms with van der Waals surface area (Å²) in [5, 5.41) is 8.99. The number of amides is 1. The Kier molecular flexibility index (Phi) is 5.43. The summed E-state index contributed by atoms with van der Waals surface area (Å²) in [7, 11) is 0. The minimum atomic E-state index is -0.0263. The van der Waals surface area contributed by atoms with Gasteiger partial charge in [0.15, 0.2) is 5.76 Å². The third-order valence-electron chi connectivity index (χ3n) is 3.78. The van der Waals surface area contributed by atoms with Gasteiger partial charge in [0, 0.05) is 12.1 Å². The van der Waals surface area contributed by atoms with E-state index in [9.17, 15) is 4.79 Å². The van der Waals surface area contributed by atoms with Gasteiger partial charge in [0.2, 0.25) is 5.91 Å². The van der Waals surface area contributed by atoms with Crippen LogP contribution in [0.1, 0.15) is 24.6 Å². The highest BCUT2D eigenvalue weighted by atomic mass is 32.1.